The number of ether oxygens (including phenoxy) is 4. The predicted octanol–water partition coefficient (Wildman–Crippen LogP) is 6.52. The molecule has 0 bridgehead atoms. The van der Waals surface area contributed by atoms with Gasteiger partial charge >= 0.3 is 5.97 Å². The average molecular weight is 491 g/mol. The van der Waals surface area contributed by atoms with Crippen LogP contribution in [0.4, 0.5) is 0 Å². The Bertz CT molecular complexity index is 1250. The van der Waals surface area contributed by atoms with Crippen molar-refractivity contribution in [1.82, 2.24) is 0 Å². The molecule has 0 amide bonds. The van der Waals surface area contributed by atoms with Crippen LogP contribution in [0.25, 0.3) is 22.0 Å². The minimum Gasteiger partial charge on any atom is -0.493 e. The fourth-order valence-corrected chi connectivity index (χ4v) is 5.23. The Morgan fingerprint density at radius 1 is 0.972 bits per heavy atom. The minimum atomic E-state index is -0.201. The van der Waals surface area contributed by atoms with Gasteiger partial charge in [-0.3, -0.25) is 4.79 Å². The van der Waals surface area contributed by atoms with Crippen LogP contribution in [0.2, 0.25) is 0 Å². The van der Waals surface area contributed by atoms with E-state index in [0.29, 0.717) is 17.9 Å². The molecule has 2 aliphatic heterocycles. The van der Waals surface area contributed by atoms with Crippen molar-refractivity contribution in [2.24, 2.45) is 0 Å². The highest BCUT2D eigenvalue weighted by molar-refractivity contribution is 5.93. The molecule has 0 saturated heterocycles. The number of fused-ring (bicyclic) bond motifs is 5. The van der Waals surface area contributed by atoms with Crippen molar-refractivity contribution in [2.75, 3.05) is 13.9 Å². The number of methoxy groups -OCH3 is 1. The topological polar surface area (TPSA) is 57.9 Å². The molecule has 0 unspecified atom stereocenters. The molecule has 0 aliphatic carbocycles. The van der Waals surface area contributed by atoms with Gasteiger partial charge in [0.05, 0.1) is 18.1 Å². The van der Waals surface area contributed by atoms with Crippen LogP contribution in [0.3, 0.4) is 0 Å². The molecule has 36 heavy (non-hydrogen) atoms. The summed E-state index contributed by atoms with van der Waals surface area (Å²) in [4.78, 5) is 12.7. The molecule has 6 heteroatoms. The Morgan fingerprint density at radius 3 is 2.50 bits per heavy atom. The van der Waals surface area contributed by atoms with Gasteiger partial charge in [0, 0.05) is 18.9 Å². The van der Waals surface area contributed by atoms with E-state index in [9.17, 15) is 4.79 Å². The van der Waals surface area contributed by atoms with E-state index >= 15 is 0 Å². The summed E-state index contributed by atoms with van der Waals surface area (Å²) in [6.07, 6.45) is 12.9. The molecular formula is C30H36NO5+. The van der Waals surface area contributed by atoms with Crippen LogP contribution in [0, 0.1) is 0 Å². The summed E-state index contributed by atoms with van der Waals surface area (Å²) >= 11 is 0. The van der Waals surface area contributed by atoms with Crippen LogP contribution in [0.15, 0.2) is 36.5 Å². The molecule has 190 valence electrons. The van der Waals surface area contributed by atoms with Gasteiger partial charge in [0.2, 0.25) is 12.5 Å². The molecule has 5 rings (SSSR count). The van der Waals surface area contributed by atoms with Gasteiger partial charge in [-0.25, -0.2) is 0 Å². The summed E-state index contributed by atoms with van der Waals surface area (Å²) in [6.45, 7) is 3.34. The van der Waals surface area contributed by atoms with Crippen molar-refractivity contribution < 1.29 is 28.3 Å². The van der Waals surface area contributed by atoms with Gasteiger partial charge in [0.1, 0.15) is 0 Å². The molecule has 0 radical (unpaired) electrons. The first-order chi connectivity index (χ1) is 17.7. The molecule has 0 spiro atoms. The first-order valence-corrected chi connectivity index (χ1v) is 13.4. The third-order valence-corrected chi connectivity index (χ3v) is 7.25. The average Bonchev–Trinajstić information content (AvgIpc) is 3.35. The van der Waals surface area contributed by atoms with Crippen molar-refractivity contribution in [3.05, 3.63) is 42.1 Å². The van der Waals surface area contributed by atoms with Crippen molar-refractivity contribution in [1.29, 1.82) is 0 Å². The van der Waals surface area contributed by atoms with Crippen LogP contribution in [-0.4, -0.2) is 19.9 Å². The third kappa shape index (κ3) is 5.13. The van der Waals surface area contributed by atoms with E-state index in [1.165, 1.54) is 44.1 Å². The van der Waals surface area contributed by atoms with E-state index in [1.54, 1.807) is 7.11 Å². The minimum absolute atomic E-state index is 0.201. The van der Waals surface area contributed by atoms with E-state index in [2.05, 4.69) is 35.9 Å². The number of carbonyl (C=O) groups is 1. The highest BCUT2D eigenvalue weighted by atomic mass is 16.7. The monoisotopic (exact) mass is 490 g/mol. The van der Waals surface area contributed by atoms with E-state index in [4.69, 9.17) is 18.9 Å². The van der Waals surface area contributed by atoms with E-state index in [1.807, 2.05) is 12.1 Å². The van der Waals surface area contributed by atoms with Gasteiger partial charge in [-0.05, 0) is 41.6 Å². The molecule has 1 aromatic heterocycles. The molecule has 0 saturated carbocycles. The number of nitrogens with zero attached hydrogens (tertiary/aromatic N) is 1. The van der Waals surface area contributed by atoms with Gasteiger partial charge in [-0.15, -0.1) is 0 Å². The number of aryl methyl sites for hydroxylation is 2. The molecule has 0 fully saturated rings. The number of pyridine rings is 1. The third-order valence-electron chi connectivity index (χ3n) is 7.25. The molecule has 6 nitrogen and oxygen atoms in total. The van der Waals surface area contributed by atoms with E-state index in [-0.39, 0.29) is 12.8 Å². The maximum atomic E-state index is 12.7. The maximum absolute atomic E-state index is 12.7. The molecule has 2 aliphatic rings. The maximum Gasteiger partial charge on any atom is 0.311 e. The Morgan fingerprint density at radius 2 is 1.72 bits per heavy atom. The molecule has 2 aromatic carbocycles. The fourth-order valence-electron chi connectivity index (χ4n) is 5.23. The highest BCUT2D eigenvalue weighted by Gasteiger charge is 2.29. The standard InChI is InChI=1S/C30H36NO5/c1-3-4-5-6-7-8-9-10-11-29(32)36-30-24-19-31-15-14-22-17-27-28(35-20-34-27)18-23(22)25(31)16-21(24)12-13-26(30)33-2/h12-13,16-19H,3-11,14-15,20H2,1-2H3/q+1. The number of hydrogen-bond donors (Lipinski definition) is 0. The molecule has 3 heterocycles. The molecule has 0 atom stereocenters. The number of esters is 1. The van der Waals surface area contributed by atoms with Crippen molar-refractivity contribution >= 4 is 16.7 Å². The Labute approximate surface area is 213 Å². The zero-order valence-corrected chi connectivity index (χ0v) is 21.4. The van der Waals surface area contributed by atoms with Gasteiger partial charge in [0.25, 0.3) is 0 Å². The van der Waals surface area contributed by atoms with Crippen molar-refractivity contribution in [2.45, 2.75) is 77.7 Å². The zero-order valence-electron chi connectivity index (χ0n) is 21.4. The summed E-state index contributed by atoms with van der Waals surface area (Å²) in [6, 6.07) is 10.2. The van der Waals surface area contributed by atoms with Gasteiger partial charge in [-0.1, -0.05) is 51.9 Å². The number of hydrogen-bond acceptors (Lipinski definition) is 5. The van der Waals surface area contributed by atoms with Crippen molar-refractivity contribution in [3.63, 3.8) is 0 Å². The zero-order chi connectivity index (χ0) is 24.9. The Kier molecular flexibility index (Phi) is 7.59. The number of benzene rings is 2. The SMILES string of the molecule is CCCCCCCCCCC(=O)Oc1c(OC)ccc2cc3[n+](cc12)CCc1cc2c(cc1-3)OCO2. The second-order valence-corrected chi connectivity index (χ2v) is 9.76. The van der Waals surface area contributed by atoms with Crippen molar-refractivity contribution in [3.8, 4) is 34.3 Å². The normalized spacial score (nSPS) is 13.4. The lowest BCUT2D eigenvalue weighted by atomic mass is 9.95. The quantitative estimate of drug-likeness (QED) is 0.132. The fraction of sp³-hybridized carbons (Fsp3) is 0.467. The predicted molar refractivity (Wildman–Crippen MR) is 139 cm³/mol. The molecule has 0 N–H and O–H groups in total. The number of unbranched alkanes of at least 4 members (excludes halogenated alkanes) is 7. The van der Waals surface area contributed by atoms with Crippen LogP contribution in [0.5, 0.6) is 23.0 Å². The smallest absolute Gasteiger partial charge is 0.311 e. The molecular weight excluding hydrogens is 454 g/mol. The van der Waals surface area contributed by atoms with E-state index < -0.39 is 0 Å². The van der Waals surface area contributed by atoms with E-state index in [0.717, 1.165) is 59.3 Å². The largest absolute Gasteiger partial charge is 0.493 e. The summed E-state index contributed by atoms with van der Waals surface area (Å²) < 4.78 is 24.9. The number of rotatable bonds is 11. The lowest BCUT2D eigenvalue weighted by molar-refractivity contribution is -0.686. The number of carbonyl (C=O) groups excluding carboxylic acids is 1. The van der Waals surface area contributed by atoms with Crippen LogP contribution >= 0.6 is 0 Å². The summed E-state index contributed by atoms with van der Waals surface area (Å²) in [5.74, 6) is 2.48. The van der Waals surface area contributed by atoms with Crippen LogP contribution < -0.4 is 23.5 Å². The summed E-state index contributed by atoms with van der Waals surface area (Å²) in [5, 5.41) is 1.88. The lowest BCUT2D eigenvalue weighted by Gasteiger charge is -2.17. The molecule has 3 aromatic rings. The second kappa shape index (κ2) is 11.2. The van der Waals surface area contributed by atoms with Crippen LogP contribution in [0.1, 0.15) is 70.3 Å². The summed E-state index contributed by atoms with van der Waals surface area (Å²) in [5.41, 5.74) is 3.52. The van der Waals surface area contributed by atoms with Gasteiger partial charge in [0.15, 0.2) is 35.7 Å². The van der Waals surface area contributed by atoms with Gasteiger partial charge < -0.3 is 18.9 Å². The second-order valence-electron chi connectivity index (χ2n) is 9.76. The number of aromatic nitrogens is 1. The first-order valence-electron chi connectivity index (χ1n) is 13.4. The van der Waals surface area contributed by atoms with Gasteiger partial charge in [-0.2, -0.15) is 4.57 Å². The first kappa shape index (κ1) is 24.4. The Hall–Kier alpha value is -3.28. The van der Waals surface area contributed by atoms with Crippen LogP contribution in [-0.2, 0) is 17.8 Å². The lowest BCUT2D eigenvalue weighted by Crippen LogP contribution is -2.40. The summed E-state index contributed by atoms with van der Waals surface area (Å²) in [7, 11) is 1.61. The Balaban J connectivity index is 1.32. The highest BCUT2D eigenvalue weighted by Crippen LogP contribution is 2.41.